The summed E-state index contributed by atoms with van der Waals surface area (Å²) in [7, 11) is 0. The Morgan fingerprint density at radius 3 is 2.69 bits per heavy atom. The monoisotopic (exact) mass is 364 g/mol. The van der Waals surface area contributed by atoms with Crippen LogP contribution < -0.4 is 11.1 Å². The van der Waals surface area contributed by atoms with Gasteiger partial charge in [0, 0.05) is 18.3 Å². The lowest BCUT2D eigenvalue weighted by atomic mass is 9.80. The highest BCUT2D eigenvalue weighted by Crippen LogP contribution is 2.29. The van der Waals surface area contributed by atoms with Crippen LogP contribution in [0, 0.1) is 11.8 Å². The molecular weight excluding hydrogens is 328 g/mol. The Hall–Kier alpha value is -1.40. The van der Waals surface area contributed by atoms with E-state index in [2.05, 4.69) is 29.1 Å². The van der Waals surface area contributed by atoms with E-state index in [1.165, 1.54) is 19.3 Å². The van der Waals surface area contributed by atoms with E-state index < -0.39 is 12.1 Å². The van der Waals surface area contributed by atoms with E-state index in [9.17, 15) is 9.90 Å². The number of aliphatic hydroxyl groups excluding tert-OH is 1. The lowest BCUT2D eigenvalue weighted by Gasteiger charge is -2.35. The van der Waals surface area contributed by atoms with Crippen LogP contribution in [0.3, 0.4) is 0 Å². The van der Waals surface area contributed by atoms with Crippen molar-refractivity contribution in [3.63, 3.8) is 0 Å². The first kappa shape index (κ1) is 20.9. The van der Waals surface area contributed by atoms with Crippen LogP contribution in [0.5, 0.6) is 0 Å². The van der Waals surface area contributed by atoms with E-state index in [1.54, 1.807) is 12.5 Å². The first-order chi connectivity index (χ1) is 12.5. The van der Waals surface area contributed by atoms with Gasteiger partial charge in [-0.15, -0.1) is 0 Å². The number of nitrogens with two attached hydrogens (primary N) is 1. The van der Waals surface area contributed by atoms with E-state index in [0.29, 0.717) is 18.3 Å². The summed E-state index contributed by atoms with van der Waals surface area (Å²) in [5.41, 5.74) is 6.93. The molecule has 6 heteroatoms. The van der Waals surface area contributed by atoms with Crippen molar-refractivity contribution in [3.8, 4) is 0 Å². The van der Waals surface area contributed by atoms with Crippen molar-refractivity contribution in [1.82, 2.24) is 15.3 Å². The second-order valence-corrected chi connectivity index (χ2v) is 8.21. The second-order valence-electron chi connectivity index (χ2n) is 8.21. The van der Waals surface area contributed by atoms with Crippen LogP contribution in [0.2, 0.25) is 0 Å². The molecular formula is C20H36N4O2. The Balaban J connectivity index is 1.94. The fourth-order valence-corrected chi connectivity index (χ4v) is 3.93. The number of aromatic amines is 1. The summed E-state index contributed by atoms with van der Waals surface area (Å²) in [5.74, 6) is 0.798. The molecule has 0 spiro atoms. The molecule has 2 rings (SSSR count). The number of carbonyl (C=O) groups excluding carboxylic acids is 1. The summed E-state index contributed by atoms with van der Waals surface area (Å²) >= 11 is 0. The van der Waals surface area contributed by atoms with E-state index in [0.717, 1.165) is 37.8 Å². The Morgan fingerprint density at radius 1 is 1.35 bits per heavy atom. The molecule has 1 heterocycles. The fourth-order valence-electron chi connectivity index (χ4n) is 3.93. The number of rotatable bonds is 10. The standard InChI is InChI=1S/C20H36N4O2/c1-14(2)7-6-10-18(25)19(15-8-4-3-5-9-15)24-20(26)17(21)11-16-12-22-13-23-16/h12-15,17-19,25H,3-11,21H2,1-2H3,(H,22,23)(H,24,26)/t17-,18-,19?/m0/s1. The molecule has 6 nitrogen and oxygen atoms in total. The van der Waals surface area contributed by atoms with Gasteiger partial charge >= 0.3 is 0 Å². The SMILES string of the molecule is CC(C)CCC[C@H](O)C(NC(=O)[C@@H](N)Cc1cnc[nH]1)C1CCCCC1. The summed E-state index contributed by atoms with van der Waals surface area (Å²) in [6, 6.07) is -0.827. The van der Waals surface area contributed by atoms with E-state index in [4.69, 9.17) is 5.73 Å². The molecule has 1 aromatic rings. The quantitative estimate of drug-likeness (QED) is 0.512. The summed E-state index contributed by atoms with van der Waals surface area (Å²) in [5, 5.41) is 13.9. The number of H-pyrrole nitrogens is 1. The average molecular weight is 365 g/mol. The van der Waals surface area contributed by atoms with Crippen molar-refractivity contribution in [3.05, 3.63) is 18.2 Å². The number of hydrogen-bond donors (Lipinski definition) is 4. The van der Waals surface area contributed by atoms with Gasteiger partial charge in [-0.2, -0.15) is 0 Å². The van der Waals surface area contributed by atoms with Gasteiger partial charge in [-0.25, -0.2) is 4.98 Å². The topological polar surface area (TPSA) is 104 Å². The molecule has 26 heavy (non-hydrogen) atoms. The largest absolute Gasteiger partial charge is 0.391 e. The average Bonchev–Trinajstić information content (AvgIpc) is 3.12. The van der Waals surface area contributed by atoms with Crippen LogP contribution in [0.25, 0.3) is 0 Å². The summed E-state index contributed by atoms with van der Waals surface area (Å²) in [4.78, 5) is 19.6. The summed E-state index contributed by atoms with van der Waals surface area (Å²) < 4.78 is 0. The van der Waals surface area contributed by atoms with Crippen LogP contribution in [-0.4, -0.2) is 39.2 Å². The third kappa shape index (κ3) is 6.72. The molecule has 148 valence electrons. The highest BCUT2D eigenvalue weighted by Gasteiger charge is 2.31. The minimum atomic E-state index is -0.635. The van der Waals surface area contributed by atoms with Crippen LogP contribution >= 0.6 is 0 Å². The number of aliphatic hydroxyl groups is 1. The third-order valence-electron chi connectivity index (χ3n) is 5.49. The maximum absolute atomic E-state index is 12.6. The van der Waals surface area contributed by atoms with Crippen molar-refractivity contribution >= 4 is 5.91 Å². The van der Waals surface area contributed by atoms with Gasteiger partial charge in [0.1, 0.15) is 0 Å². The van der Waals surface area contributed by atoms with Crippen LogP contribution in [0.15, 0.2) is 12.5 Å². The van der Waals surface area contributed by atoms with Gasteiger partial charge < -0.3 is 21.1 Å². The number of amides is 1. The van der Waals surface area contributed by atoms with Gasteiger partial charge in [0.2, 0.25) is 5.91 Å². The number of imidazole rings is 1. The lowest BCUT2D eigenvalue weighted by Crippen LogP contribution is -2.53. The fraction of sp³-hybridized carbons (Fsp3) is 0.800. The van der Waals surface area contributed by atoms with Gasteiger partial charge in [0.05, 0.1) is 24.5 Å². The highest BCUT2D eigenvalue weighted by molar-refractivity contribution is 5.82. The van der Waals surface area contributed by atoms with Gasteiger partial charge in [-0.1, -0.05) is 46.0 Å². The zero-order valence-corrected chi connectivity index (χ0v) is 16.3. The number of carbonyl (C=O) groups is 1. The molecule has 0 bridgehead atoms. The maximum atomic E-state index is 12.6. The zero-order chi connectivity index (χ0) is 18.9. The number of nitrogens with zero attached hydrogens (tertiary/aromatic N) is 1. The summed E-state index contributed by atoms with van der Waals surface area (Å²) in [6.07, 6.45) is 11.8. The number of hydrogen-bond acceptors (Lipinski definition) is 4. The molecule has 1 unspecified atom stereocenters. The maximum Gasteiger partial charge on any atom is 0.237 e. The van der Waals surface area contributed by atoms with Crippen molar-refractivity contribution in [1.29, 1.82) is 0 Å². The molecule has 0 radical (unpaired) electrons. The Labute approximate surface area is 157 Å². The predicted octanol–water partition coefficient (Wildman–Crippen LogP) is 2.53. The Bertz CT molecular complexity index is 512. The van der Waals surface area contributed by atoms with E-state index in [-0.39, 0.29) is 11.9 Å². The minimum absolute atomic E-state index is 0.182. The van der Waals surface area contributed by atoms with E-state index >= 15 is 0 Å². The number of nitrogens with one attached hydrogen (secondary N) is 2. The van der Waals surface area contributed by atoms with Crippen LogP contribution in [0.4, 0.5) is 0 Å². The third-order valence-corrected chi connectivity index (χ3v) is 5.49. The molecule has 1 amide bonds. The van der Waals surface area contributed by atoms with Crippen LogP contribution in [-0.2, 0) is 11.2 Å². The molecule has 1 fully saturated rings. The van der Waals surface area contributed by atoms with Crippen molar-refractivity contribution in [2.75, 3.05) is 0 Å². The first-order valence-electron chi connectivity index (χ1n) is 10.2. The van der Waals surface area contributed by atoms with Gasteiger partial charge in [0.25, 0.3) is 0 Å². The second kappa shape index (κ2) is 10.7. The Morgan fingerprint density at radius 2 is 2.08 bits per heavy atom. The minimum Gasteiger partial charge on any atom is -0.391 e. The van der Waals surface area contributed by atoms with Gasteiger partial charge in [-0.3, -0.25) is 4.79 Å². The molecule has 1 aliphatic carbocycles. The zero-order valence-electron chi connectivity index (χ0n) is 16.3. The lowest BCUT2D eigenvalue weighted by molar-refractivity contribution is -0.124. The first-order valence-corrected chi connectivity index (χ1v) is 10.2. The van der Waals surface area contributed by atoms with Crippen molar-refractivity contribution < 1.29 is 9.90 Å². The molecule has 3 atom stereocenters. The Kier molecular flexibility index (Phi) is 8.59. The smallest absolute Gasteiger partial charge is 0.237 e. The van der Waals surface area contributed by atoms with Gasteiger partial charge in [0.15, 0.2) is 0 Å². The predicted molar refractivity (Wildman–Crippen MR) is 103 cm³/mol. The molecule has 0 aliphatic heterocycles. The molecule has 5 N–H and O–H groups in total. The summed E-state index contributed by atoms with van der Waals surface area (Å²) in [6.45, 7) is 4.39. The number of aromatic nitrogens is 2. The molecule has 0 aromatic carbocycles. The van der Waals surface area contributed by atoms with Gasteiger partial charge in [-0.05, 0) is 31.1 Å². The highest BCUT2D eigenvalue weighted by atomic mass is 16.3. The van der Waals surface area contributed by atoms with Crippen LogP contribution in [0.1, 0.15) is 70.9 Å². The molecule has 0 saturated heterocycles. The van der Waals surface area contributed by atoms with Crippen molar-refractivity contribution in [2.24, 2.45) is 17.6 Å². The van der Waals surface area contributed by atoms with E-state index in [1.807, 2.05) is 0 Å². The molecule has 1 aromatic heterocycles. The van der Waals surface area contributed by atoms with Crippen molar-refractivity contribution in [2.45, 2.75) is 89.8 Å². The molecule has 1 aliphatic rings. The normalized spacial score (nSPS) is 19.3. The molecule has 1 saturated carbocycles.